The van der Waals surface area contributed by atoms with Gasteiger partial charge in [-0.1, -0.05) is 13.8 Å². The van der Waals surface area contributed by atoms with Crippen LogP contribution in [0.25, 0.3) is 0 Å². The van der Waals surface area contributed by atoms with Crippen molar-refractivity contribution in [2.75, 3.05) is 26.4 Å². The lowest BCUT2D eigenvalue weighted by Gasteiger charge is -2.14. The summed E-state index contributed by atoms with van der Waals surface area (Å²) in [5.74, 6) is -0.594. The van der Waals surface area contributed by atoms with Gasteiger partial charge in [0, 0.05) is 26.2 Å². The third kappa shape index (κ3) is 10.3. The van der Waals surface area contributed by atoms with Gasteiger partial charge in [-0.25, -0.2) is 9.59 Å². The van der Waals surface area contributed by atoms with Gasteiger partial charge in [-0.2, -0.15) is 0 Å². The summed E-state index contributed by atoms with van der Waals surface area (Å²) in [5, 5.41) is 22.2. The molecule has 7 heteroatoms. The van der Waals surface area contributed by atoms with Gasteiger partial charge in [0.1, 0.15) is 6.04 Å². The fourth-order valence-corrected chi connectivity index (χ4v) is 1.25. The molecule has 0 aromatic heterocycles. The molecule has 4 N–H and O–H groups in total. The highest BCUT2D eigenvalue weighted by Crippen LogP contribution is 1.98. The number of aliphatic hydroxyl groups is 1. The Balaban J connectivity index is 3.65. The molecule has 0 radical (unpaired) electrons. The standard InChI is InChI=1S/C12H24N2O5/c1-9(2)4-7-19-8-5-13-12(18)14-10(3-6-15)11(16)17/h9-10,15H,3-8H2,1-2H3,(H,16,17)(H2,13,14,18). The van der Waals surface area contributed by atoms with Crippen LogP contribution < -0.4 is 10.6 Å². The first kappa shape index (κ1) is 17.7. The molecule has 0 aromatic carbocycles. The van der Waals surface area contributed by atoms with E-state index in [2.05, 4.69) is 24.5 Å². The van der Waals surface area contributed by atoms with Crippen molar-refractivity contribution in [1.82, 2.24) is 10.6 Å². The van der Waals surface area contributed by atoms with Gasteiger partial charge in [0.25, 0.3) is 0 Å². The monoisotopic (exact) mass is 276 g/mol. The Kier molecular flexibility index (Phi) is 9.82. The molecule has 0 aliphatic rings. The molecule has 0 bridgehead atoms. The van der Waals surface area contributed by atoms with Crippen molar-refractivity contribution in [3.63, 3.8) is 0 Å². The van der Waals surface area contributed by atoms with Crippen LogP contribution in [0.3, 0.4) is 0 Å². The molecular formula is C12H24N2O5. The maximum absolute atomic E-state index is 11.4. The predicted molar refractivity (Wildman–Crippen MR) is 69.9 cm³/mol. The molecule has 1 atom stereocenters. The highest BCUT2D eigenvalue weighted by atomic mass is 16.5. The minimum atomic E-state index is -1.17. The van der Waals surface area contributed by atoms with Gasteiger partial charge in [-0.3, -0.25) is 0 Å². The van der Waals surface area contributed by atoms with Crippen LogP contribution in [-0.2, 0) is 9.53 Å². The van der Waals surface area contributed by atoms with Crippen molar-refractivity contribution in [2.45, 2.75) is 32.7 Å². The summed E-state index contributed by atoms with van der Waals surface area (Å²) < 4.78 is 5.30. The van der Waals surface area contributed by atoms with E-state index in [-0.39, 0.29) is 13.0 Å². The molecule has 0 saturated heterocycles. The average Bonchev–Trinajstić information content (AvgIpc) is 2.32. The molecule has 0 rings (SSSR count). The van der Waals surface area contributed by atoms with E-state index in [0.717, 1.165) is 6.42 Å². The van der Waals surface area contributed by atoms with E-state index in [9.17, 15) is 9.59 Å². The largest absolute Gasteiger partial charge is 0.480 e. The number of aliphatic carboxylic acids is 1. The number of carbonyl (C=O) groups is 2. The summed E-state index contributed by atoms with van der Waals surface area (Å²) in [6.45, 7) is 5.25. The Bertz CT molecular complexity index is 271. The summed E-state index contributed by atoms with van der Waals surface area (Å²) >= 11 is 0. The second-order valence-corrected chi connectivity index (χ2v) is 4.60. The van der Waals surface area contributed by atoms with Gasteiger partial charge < -0.3 is 25.6 Å². The van der Waals surface area contributed by atoms with E-state index in [1.807, 2.05) is 0 Å². The van der Waals surface area contributed by atoms with Crippen molar-refractivity contribution in [3.8, 4) is 0 Å². The van der Waals surface area contributed by atoms with Crippen LogP contribution >= 0.6 is 0 Å². The molecule has 19 heavy (non-hydrogen) atoms. The number of aliphatic hydroxyl groups excluding tert-OH is 1. The number of ether oxygens (including phenoxy) is 1. The van der Waals surface area contributed by atoms with Gasteiger partial charge in [0.05, 0.1) is 6.61 Å². The van der Waals surface area contributed by atoms with Crippen LogP contribution in [0.2, 0.25) is 0 Å². The number of carboxylic acid groups (broad SMARTS) is 1. The Labute approximate surface area is 113 Å². The van der Waals surface area contributed by atoms with Crippen LogP contribution in [0, 0.1) is 5.92 Å². The molecule has 1 unspecified atom stereocenters. The van der Waals surface area contributed by atoms with Crippen molar-refractivity contribution in [1.29, 1.82) is 0 Å². The fourth-order valence-electron chi connectivity index (χ4n) is 1.25. The van der Waals surface area contributed by atoms with Crippen LogP contribution in [0.5, 0.6) is 0 Å². The number of nitrogens with one attached hydrogen (secondary N) is 2. The lowest BCUT2D eigenvalue weighted by Crippen LogP contribution is -2.47. The van der Waals surface area contributed by atoms with E-state index in [4.69, 9.17) is 14.9 Å². The molecule has 0 aromatic rings. The minimum Gasteiger partial charge on any atom is -0.480 e. The quantitative estimate of drug-likeness (QED) is 0.426. The van der Waals surface area contributed by atoms with Crippen molar-refractivity contribution >= 4 is 12.0 Å². The zero-order chi connectivity index (χ0) is 14.7. The zero-order valence-electron chi connectivity index (χ0n) is 11.5. The Morgan fingerprint density at radius 1 is 1.21 bits per heavy atom. The number of urea groups is 1. The van der Waals surface area contributed by atoms with Gasteiger partial charge in [-0.15, -0.1) is 0 Å². The average molecular weight is 276 g/mol. The lowest BCUT2D eigenvalue weighted by atomic mass is 10.1. The molecule has 0 heterocycles. The maximum Gasteiger partial charge on any atom is 0.326 e. The third-order valence-corrected chi connectivity index (χ3v) is 2.39. The molecule has 2 amide bonds. The van der Waals surface area contributed by atoms with Crippen molar-refractivity contribution < 1.29 is 24.5 Å². The first-order valence-corrected chi connectivity index (χ1v) is 6.43. The lowest BCUT2D eigenvalue weighted by molar-refractivity contribution is -0.139. The van der Waals surface area contributed by atoms with Crippen LogP contribution in [0.4, 0.5) is 4.79 Å². The molecule has 0 aliphatic carbocycles. The normalized spacial score (nSPS) is 12.2. The fraction of sp³-hybridized carbons (Fsp3) is 0.833. The van der Waals surface area contributed by atoms with E-state index < -0.39 is 18.0 Å². The second kappa shape index (κ2) is 10.6. The number of hydrogen-bond acceptors (Lipinski definition) is 4. The Morgan fingerprint density at radius 3 is 2.42 bits per heavy atom. The molecule has 0 aliphatic heterocycles. The van der Waals surface area contributed by atoms with Crippen LogP contribution in [0.15, 0.2) is 0 Å². The molecule has 0 spiro atoms. The topological polar surface area (TPSA) is 108 Å². The molecule has 112 valence electrons. The summed E-state index contributed by atoms with van der Waals surface area (Å²) in [6, 6.07) is -1.65. The van der Waals surface area contributed by atoms with Gasteiger partial charge in [-0.05, 0) is 12.3 Å². The van der Waals surface area contributed by atoms with E-state index in [1.54, 1.807) is 0 Å². The van der Waals surface area contributed by atoms with Crippen molar-refractivity contribution in [2.24, 2.45) is 5.92 Å². The first-order chi connectivity index (χ1) is 8.97. The van der Waals surface area contributed by atoms with Crippen LogP contribution in [-0.4, -0.2) is 54.6 Å². The Hall–Kier alpha value is -1.34. The van der Waals surface area contributed by atoms with Gasteiger partial charge >= 0.3 is 12.0 Å². The smallest absolute Gasteiger partial charge is 0.326 e. The van der Waals surface area contributed by atoms with Crippen molar-refractivity contribution in [3.05, 3.63) is 0 Å². The van der Waals surface area contributed by atoms with E-state index in [1.165, 1.54) is 0 Å². The second-order valence-electron chi connectivity index (χ2n) is 4.60. The van der Waals surface area contributed by atoms with E-state index >= 15 is 0 Å². The third-order valence-electron chi connectivity index (χ3n) is 2.39. The molecule has 7 nitrogen and oxygen atoms in total. The summed E-state index contributed by atoms with van der Waals surface area (Å²) in [5.41, 5.74) is 0. The Morgan fingerprint density at radius 2 is 1.89 bits per heavy atom. The number of hydrogen-bond donors (Lipinski definition) is 4. The number of carboxylic acids is 1. The van der Waals surface area contributed by atoms with Crippen LogP contribution in [0.1, 0.15) is 26.7 Å². The van der Waals surface area contributed by atoms with Gasteiger partial charge in [0.15, 0.2) is 0 Å². The highest BCUT2D eigenvalue weighted by molar-refractivity contribution is 5.82. The highest BCUT2D eigenvalue weighted by Gasteiger charge is 2.18. The van der Waals surface area contributed by atoms with Gasteiger partial charge in [0.2, 0.25) is 0 Å². The molecule has 0 saturated carbocycles. The SMILES string of the molecule is CC(C)CCOCCNC(=O)NC(CCO)C(=O)O. The molecular weight excluding hydrogens is 252 g/mol. The predicted octanol–water partition coefficient (Wildman–Crippen LogP) is 0.184. The zero-order valence-corrected chi connectivity index (χ0v) is 11.5. The summed E-state index contributed by atoms with van der Waals surface area (Å²) in [7, 11) is 0. The van der Waals surface area contributed by atoms with E-state index in [0.29, 0.717) is 25.7 Å². The number of rotatable bonds is 10. The number of amides is 2. The minimum absolute atomic E-state index is 0.0202. The number of carbonyl (C=O) groups excluding carboxylic acids is 1. The molecule has 0 fully saturated rings. The summed E-state index contributed by atoms with van der Waals surface area (Å²) in [6.07, 6.45) is 0.942. The first-order valence-electron chi connectivity index (χ1n) is 6.43. The summed E-state index contributed by atoms with van der Waals surface area (Å²) in [4.78, 5) is 22.1. The maximum atomic E-state index is 11.4.